The third-order valence-electron chi connectivity index (χ3n) is 8.16. The lowest BCUT2D eigenvalue weighted by molar-refractivity contribution is -0.200. The molecular weight excluding hydrogens is 800 g/mol. The minimum absolute atomic E-state index is 0.00130. The van der Waals surface area contributed by atoms with Crippen molar-refractivity contribution in [3.05, 3.63) is 48.0 Å². The molecule has 20 nitrogen and oxygen atoms in total. The normalized spacial score (nSPS) is 12.7. The number of carboxylic acids is 1. The fourth-order valence-corrected chi connectivity index (χ4v) is 6.33. The van der Waals surface area contributed by atoms with Crippen molar-refractivity contribution < 1.29 is 75.6 Å². The van der Waals surface area contributed by atoms with Crippen molar-refractivity contribution in [3.63, 3.8) is 0 Å². The quantitative estimate of drug-likeness (QED) is 0.0781. The smallest absolute Gasteiger partial charge is 0.358 e. The van der Waals surface area contributed by atoms with Gasteiger partial charge < -0.3 is 38.9 Å². The van der Waals surface area contributed by atoms with Gasteiger partial charge in [0.1, 0.15) is 36.3 Å². The summed E-state index contributed by atoms with van der Waals surface area (Å²) in [5.41, 5.74) is 0.169. The monoisotopic (exact) mass is 850 g/mol. The van der Waals surface area contributed by atoms with Crippen LogP contribution in [0, 0.1) is 0 Å². The lowest BCUT2D eigenvalue weighted by Gasteiger charge is -2.12. The van der Waals surface area contributed by atoms with Crippen LogP contribution in [0.3, 0.4) is 0 Å². The average Bonchev–Trinajstić information content (AvgIpc) is 3.52. The molecule has 1 fully saturated rings. The van der Waals surface area contributed by atoms with E-state index in [2.05, 4.69) is 20.1 Å². The van der Waals surface area contributed by atoms with Crippen molar-refractivity contribution in [2.24, 2.45) is 0 Å². The van der Waals surface area contributed by atoms with Crippen LogP contribution in [0.2, 0.25) is 0 Å². The summed E-state index contributed by atoms with van der Waals surface area (Å²) in [5.74, 6) is -3.83. The van der Waals surface area contributed by atoms with E-state index in [0.29, 0.717) is 63.3 Å². The zero-order valence-electron chi connectivity index (χ0n) is 32.6. The highest BCUT2D eigenvalue weighted by molar-refractivity contribution is 7.90. The van der Waals surface area contributed by atoms with Gasteiger partial charge in [0.15, 0.2) is 22.2 Å². The number of hydroxylamine groups is 2. The lowest BCUT2D eigenvalue weighted by atomic mass is 10.1. The van der Waals surface area contributed by atoms with E-state index in [0.717, 1.165) is 6.42 Å². The first-order valence-corrected chi connectivity index (χ1v) is 20.7. The van der Waals surface area contributed by atoms with E-state index in [4.69, 9.17) is 28.8 Å². The van der Waals surface area contributed by atoms with Crippen LogP contribution in [0.1, 0.15) is 80.4 Å². The largest absolute Gasteiger partial charge is 0.482 e. The number of imide groups is 1. The van der Waals surface area contributed by atoms with Crippen LogP contribution in [0.25, 0.3) is 0 Å². The highest BCUT2D eigenvalue weighted by Crippen LogP contribution is 2.19. The topological polar surface area (TPSA) is 270 Å². The van der Waals surface area contributed by atoms with E-state index in [-0.39, 0.29) is 85.9 Å². The maximum atomic E-state index is 12.7. The molecule has 0 atom stereocenters. The first kappa shape index (κ1) is 48.2. The predicted octanol–water partition coefficient (Wildman–Crippen LogP) is 1.58. The zero-order chi connectivity index (χ0) is 42.9. The molecule has 3 rings (SSSR count). The molecule has 324 valence electrons. The molecule has 2 aromatic rings. The number of aliphatic carboxylic acids is 1. The highest BCUT2D eigenvalue weighted by Gasteiger charge is 2.32. The van der Waals surface area contributed by atoms with Gasteiger partial charge in [-0.3, -0.25) is 24.0 Å². The van der Waals surface area contributed by atoms with Crippen LogP contribution >= 0.6 is 0 Å². The van der Waals surface area contributed by atoms with E-state index in [1.807, 2.05) is 0 Å². The average molecular weight is 851 g/mol. The number of benzene rings is 1. The zero-order valence-corrected chi connectivity index (χ0v) is 33.5. The van der Waals surface area contributed by atoms with Crippen LogP contribution in [0.5, 0.6) is 5.75 Å². The SMILES string of the molecule is O=C(O)COc1ccc(S(=O)(=O)Cc2ncc(C(=O)NCCCCCC(=O)CCCOCCOCC(=O)CCCOCCOCC(=O)ON3C(=O)CCC3=O)cn2)cc1. The van der Waals surface area contributed by atoms with E-state index in [1.54, 1.807) is 0 Å². The Morgan fingerprint density at radius 2 is 1.27 bits per heavy atom. The number of sulfone groups is 1. The van der Waals surface area contributed by atoms with Crippen LogP contribution in [-0.4, -0.2) is 136 Å². The van der Waals surface area contributed by atoms with E-state index in [9.17, 15) is 42.0 Å². The number of rotatable bonds is 32. The predicted molar refractivity (Wildman–Crippen MR) is 202 cm³/mol. The van der Waals surface area contributed by atoms with Crippen molar-refractivity contribution in [2.75, 3.05) is 66.0 Å². The Labute approximate surface area is 341 Å². The summed E-state index contributed by atoms with van der Waals surface area (Å²) in [6.45, 7) is 0.816. The molecule has 3 amide bonds. The first-order valence-electron chi connectivity index (χ1n) is 19.0. The Balaban J connectivity index is 1.09. The number of carboxylic acid groups (broad SMARTS) is 1. The van der Waals surface area contributed by atoms with Gasteiger partial charge in [-0.15, -0.1) is 5.06 Å². The molecule has 1 aliphatic rings. The van der Waals surface area contributed by atoms with E-state index >= 15 is 0 Å². The number of Topliss-reactive ketones (excluding diaryl/α,β-unsaturated/α-hetero) is 2. The Kier molecular flexibility index (Phi) is 21.8. The fraction of sp³-hybridized carbons (Fsp3) is 0.553. The van der Waals surface area contributed by atoms with Crippen LogP contribution in [0.4, 0.5) is 0 Å². The minimum atomic E-state index is -3.81. The second kappa shape index (κ2) is 26.7. The summed E-state index contributed by atoms with van der Waals surface area (Å²) >= 11 is 0. The molecule has 21 heteroatoms. The van der Waals surface area contributed by atoms with E-state index < -0.39 is 58.5 Å². The Bertz CT molecular complexity index is 1790. The van der Waals surface area contributed by atoms with Gasteiger partial charge in [-0.05, 0) is 49.9 Å². The summed E-state index contributed by atoms with van der Waals surface area (Å²) in [7, 11) is -3.81. The van der Waals surface area contributed by atoms with Gasteiger partial charge in [-0.2, -0.15) is 0 Å². The number of ketones is 2. The summed E-state index contributed by atoms with van der Waals surface area (Å²) < 4.78 is 51.7. The molecule has 0 unspecified atom stereocenters. The van der Waals surface area contributed by atoms with Gasteiger partial charge in [0.05, 0.1) is 36.9 Å². The molecule has 59 heavy (non-hydrogen) atoms. The summed E-state index contributed by atoms with van der Waals surface area (Å²) in [6, 6.07) is 5.29. The van der Waals surface area contributed by atoms with Gasteiger partial charge in [0.2, 0.25) is 0 Å². The molecule has 1 aromatic carbocycles. The summed E-state index contributed by atoms with van der Waals surface area (Å²) in [6.07, 6.45) is 6.69. The molecule has 0 saturated carbocycles. The van der Waals surface area contributed by atoms with Crippen LogP contribution in [-0.2, 0) is 68.1 Å². The maximum Gasteiger partial charge on any atom is 0.358 e. The van der Waals surface area contributed by atoms with Gasteiger partial charge in [-0.1, -0.05) is 6.42 Å². The van der Waals surface area contributed by atoms with Gasteiger partial charge in [0.25, 0.3) is 17.7 Å². The van der Waals surface area contributed by atoms with Gasteiger partial charge >= 0.3 is 11.9 Å². The van der Waals surface area contributed by atoms with Crippen LogP contribution in [0.15, 0.2) is 41.6 Å². The van der Waals surface area contributed by atoms with Crippen molar-refractivity contribution in [3.8, 4) is 5.75 Å². The summed E-state index contributed by atoms with van der Waals surface area (Å²) in [5, 5.41) is 11.9. The second-order valence-electron chi connectivity index (χ2n) is 13.0. The second-order valence-corrected chi connectivity index (χ2v) is 15.0. The lowest BCUT2D eigenvalue weighted by Crippen LogP contribution is -2.33. The maximum absolute atomic E-state index is 12.7. The summed E-state index contributed by atoms with van der Waals surface area (Å²) in [4.78, 5) is 94.3. The molecule has 2 N–H and O–H groups in total. The van der Waals surface area contributed by atoms with Gasteiger partial charge in [-0.25, -0.2) is 28.0 Å². The number of ether oxygens (including phenoxy) is 5. The number of hydrogen-bond donors (Lipinski definition) is 2. The molecule has 1 aliphatic heterocycles. The van der Waals surface area contributed by atoms with Gasteiger partial charge in [0, 0.05) is 64.3 Å². The number of amides is 3. The number of aromatic nitrogens is 2. The number of unbranched alkanes of at least 4 members (excludes halogenated alkanes) is 2. The van der Waals surface area contributed by atoms with Crippen molar-refractivity contribution >= 4 is 51.1 Å². The number of nitrogens with one attached hydrogen (secondary N) is 1. The first-order chi connectivity index (χ1) is 28.3. The molecule has 0 spiro atoms. The third kappa shape index (κ3) is 19.9. The van der Waals surface area contributed by atoms with E-state index in [1.165, 1.54) is 36.7 Å². The molecular formula is C38H50N4O16S. The standard InChI is InChI=1S/C38H50N4O16S/c43-29(7-4-16-53-18-20-55-24-30(44)8-5-17-54-19-21-56-26-37(49)58-42-34(45)13-14-35(42)46)6-2-1-3-15-39-38(50)28-22-40-33(41-23-28)27-59(51,52)32-11-9-31(10-12-32)57-25-36(47)48/h9-12,22-23H,1-8,13-21,24-27H2,(H,39,50)(H,47,48). The Morgan fingerprint density at radius 1 is 0.695 bits per heavy atom. The van der Waals surface area contributed by atoms with Crippen molar-refractivity contribution in [1.82, 2.24) is 20.3 Å². The number of hydrogen-bond acceptors (Lipinski definition) is 17. The molecule has 1 aromatic heterocycles. The minimum Gasteiger partial charge on any atom is -0.482 e. The van der Waals surface area contributed by atoms with Crippen LogP contribution < -0.4 is 10.1 Å². The molecule has 0 aliphatic carbocycles. The number of nitrogens with zero attached hydrogens (tertiary/aromatic N) is 3. The Morgan fingerprint density at radius 3 is 1.90 bits per heavy atom. The number of carbonyl (C=O) groups excluding carboxylic acids is 6. The Hall–Kier alpha value is -5.22. The van der Waals surface area contributed by atoms with Crippen molar-refractivity contribution in [2.45, 2.75) is 74.9 Å². The molecule has 0 radical (unpaired) electrons. The highest BCUT2D eigenvalue weighted by atomic mass is 32.2. The molecule has 0 bridgehead atoms. The molecule has 1 saturated heterocycles. The number of carbonyl (C=O) groups is 7. The third-order valence-corrected chi connectivity index (χ3v) is 9.79. The molecule has 2 heterocycles. The van der Waals surface area contributed by atoms with Crippen molar-refractivity contribution in [1.29, 1.82) is 0 Å². The fourth-order valence-electron chi connectivity index (χ4n) is 5.12.